The van der Waals surface area contributed by atoms with Crippen LogP contribution in [0.3, 0.4) is 0 Å². The summed E-state index contributed by atoms with van der Waals surface area (Å²) in [6, 6.07) is 9.27. The number of nitrogens with two attached hydrogens (primary N) is 1. The number of hydrogen-bond donors (Lipinski definition) is 2. The zero-order valence-electron chi connectivity index (χ0n) is 12.8. The number of nitrogens with zero attached hydrogens (tertiary/aromatic N) is 1. The molecule has 1 aliphatic carbocycles. The molecular formula is C18H23N3S. The Morgan fingerprint density at radius 1 is 1.05 bits per heavy atom. The van der Waals surface area contributed by atoms with Crippen molar-refractivity contribution in [3.8, 4) is 0 Å². The third-order valence-corrected chi connectivity index (χ3v) is 6.05. The summed E-state index contributed by atoms with van der Waals surface area (Å²) >= 11 is 1.82. The minimum Gasteiger partial charge on any atom is -0.383 e. The summed E-state index contributed by atoms with van der Waals surface area (Å²) in [5.41, 5.74) is 7.54. The Labute approximate surface area is 135 Å². The van der Waals surface area contributed by atoms with Crippen molar-refractivity contribution < 1.29 is 0 Å². The van der Waals surface area contributed by atoms with Crippen molar-refractivity contribution in [2.24, 2.45) is 10.7 Å². The molecule has 4 rings (SSSR count). The Bertz CT molecular complexity index is 703. The number of aliphatic imine (C=N–C) groups is 1. The molecule has 0 saturated heterocycles. The molecule has 0 spiro atoms. The van der Waals surface area contributed by atoms with Crippen LogP contribution in [0.15, 0.2) is 29.3 Å². The van der Waals surface area contributed by atoms with E-state index in [1.165, 1.54) is 53.6 Å². The van der Waals surface area contributed by atoms with E-state index < -0.39 is 0 Å². The maximum atomic E-state index is 6.41. The fourth-order valence-electron chi connectivity index (χ4n) is 3.78. The summed E-state index contributed by atoms with van der Waals surface area (Å²) in [4.78, 5) is 4.94. The van der Waals surface area contributed by atoms with Crippen LogP contribution in [-0.4, -0.2) is 17.9 Å². The first-order valence-corrected chi connectivity index (χ1v) is 9.26. The molecule has 2 aromatic rings. The second kappa shape index (κ2) is 5.92. The lowest BCUT2D eigenvalue weighted by Crippen LogP contribution is -2.31. The Balaban J connectivity index is 1.78. The minimum atomic E-state index is 0.330. The number of amidine groups is 1. The van der Waals surface area contributed by atoms with E-state index in [1.807, 2.05) is 11.3 Å². The van der Waals surface area contributed by atoms with Gasteiger partial charge in [0.05, 0.1) is 11.6 Å². The van der Waals surface area contributed by atoms with Gasteiger partial charge in [0, 0.05) is 16.1 Å². The topological polar surface area (TPSA) is 50.4 Å². The van der Waals surface area contributed by atoms with Gasteiger partial charge in [-0.1, -0.05) is 50.3 Å². The Morgan fingerprint density at radius 3 is 2.73 bits per heavy atom. The molecule has 1 aromatic carbocycles. The van der Waals surface area contributed by atoms with Crippen LogP contribution in [0, 0.1) is 0 Å². The average Bonchev–Trinajstić information content (AvgIpc) is 2.87. The smallest absolute Gasteiger partial charge is 0.129 e. The maximum Gasteiger partial charge on any atom is 0.129 e. The molecule has 1 saturated carbocycles. The predicted molar refractivity (Wildman–Crippen MR) is 96.1 cm³/mol. The lowest BCUT2D eigenvalue weighted by molar-refractivity contribution is 0.491. The van der Waals surface area contributed by atoms with E-state index in [0.717, 1.165) is 17.8 Å². The first kappa shape index (κ1) is 14.1. The first-order valence-electron chi connectivity index (χ1n) is 8.44. The van der Waals surface area contributed by atoms with Gasteiger partial charge in [-0.25, -0.2) is 0 Å². The quantitative estimate of drug-likeness (QED) is 0.751. The van der Waals surface area contributed by atoms with Gasteiger partial charge in [0.2, 0.25) is 0 Å². The van der Waals surface area contributed by atoms with Crippen LogP contribution >= 0.6 is 11.3 Å². The zero-order valence-corrected chi connectivity index (χ0v) is 13.7. The highest BCUT2D eigenvalue weighted by Crippen LogP contribution is 2.38. The van der Waals surface area contributed by atoms with Gasteiger partial charge >= 0.3 is 0 Å². The fourth-order valence-corrected chi connectivity index (χ4v) is 4.95. The molecule has 3 N–H and O–H groups in total. The van der Waals surface area contributed by atoms with Crippen LogP contribution in [-0.2, 0) is 0 Å². The van der Waals surface area contributed by atoms with Crippen LogP contribution in [0.1, 0.15) is 50.5 Å². The van der Waals surface area contributed by atoms with E-state index in [2.05, 4.69) is 29.6 Å². The third-order valence-electron chi connectivity index (χ3n) is 4.95. The molecule has 116 valence electrons. The van der Waals surface area contributed by atoms with Gasteiger partial charge in [-0.05, 0) is 18.9 Å². The predicted octanol–water partition coefficient (Wildman–Crippen LogP) is 4.51. The highest BCUT2D eigenvalue weighted by molar-refractivity contribution is 7.23. The normalized spacial score (nSPS) is 25.7. The second-order valence-electron chi connectivity index (χ2n) is 6.48. The summed E-state index contributed by atoms with van der Waals surface area (Å²) in [5, 5.41) is 6.26. The van der Waals surface area contributed by atoms with Crippen molar-refractivity contribution >= 4 is 32.3 Å². The summed E-state index contributed by atoms with van der Waals surface area (Å²) in [6.45, 7) is 0. The van der Waals surface area contributed by atoms with Crippen molar-refractivity contribution in [1.29, 1.82) is 0 Å². The molecule has 3 nitrogen and oxygen atoms in total. The molecule has 2 aliphatic rings. The SMILES string of the molecule is NC1=NC2CCCCCCCC2Nc2sc3ccccc3c21. The molecule has 1 aliphatic heterocycles. The van der Waals surface area contributed by atoms with Crippen LogP contribution < -0.4 is 11.1 Å². The van der Waals surface area contributed by atoms with Crippen LogP contribution in [0.25, 0.3) is 10.1 Å². The second-order valence-corrected chi connectivity index (χ2v) is 7.53. The maximum absolute atomic E-state index is 6.41. The van der Waals surface area contributed by atoms with Gasteiger partial charge < -0.3 is 11.1 Å². The third kappa shape index (κ3) is 2.50. The van der Waals surface area contributed by atoms with Gasteiger partial charge in [0.1, 0.15) is 10.8 Å². The molecule has 1 fully saturated rings. The van der Waals surface area contributed by atoms with E-state index >= 15 is 0 Å². The highest BCUT2D eigenvalue weighted by atomic mass is 32.1. The number of hydrogen-bond acceptors (Lipinski definition) is 4. The van der Waals surface area contributed by atoms with Gasteiger partial charge in [0.25, 0.3) is 0 Å². The van der Waals surface area contributed by atoms with Crippen LogP contribution in [0.4, 0.5) is 5.00 Å². The molecule has 1 aromatic heterocycles. The van der Waals surface area contributed by atoms with Gasteiger partial charge in [0.15, 0.2) is 0 Å². The lowest BCUT2D eigenvalue weighted by Gasteiger charge is -2.23. The molecule has 2 heterocycles. The molecule has 22 heavy (non-hydrogen) atoms. The Morgan fingerprint density at radius 2 is 1.82 bits per heavy atom. The standard InChI is InChI=1S/C18H23N3S/c19-17-16-12-8-6-7-11-15(12)22-18(16)21-14-10-5-3-1-2-4-9-13(14)20-17/h6-8,11,13-14,21H,1-5,9-10H2,(H2,19,20). The Hall–Kier alpha value is -1.55. The van der Waals surface area contributed by atoms with Crippen molar-refractivity contribution in [2.45, 2.75) is 57.0 Å². The van der Waals surface area contributed by atoms with E-state index in [4.69, 9.17) is 10.7 Å². The molecule has 2 atom stereocenters. The number of benzene rings is 1. The first-order chi connectivity index (χ1) is 10.8. The monoisotopic (exact) mass is 313 g/mol. The summed E-state index contributed by atoms with van der Waals surface area (Å²) < 4.78 is 1.29. The van der Waals surface area contributed by atoms with Crippen molar-refractivity contribution in [3.05, 3.63) is 29.8 Å². The number of fused-ring (bicyclic) bond motifs is 4. The molecule has 0 amide bonds. The summed E-state index contributed by atoms with van der Waals surface area (Å²) in [6.07, 6.45) is 8.98. The summed E-state index contributed by atoms with van der Waals surface area (Å²) in [7, 11) is 0. The summed E-state index contributed by atoms with van der Waals surface area (Å²) in [5.74, 6) is 0.728. The van der Waals surface area contributed by atoms with E-state index in [9.17, 15) is 0 Å². The number of rotatable bonds is 0. The zero-order chi connectivity index (χ0) is 14.9. The van der Waals surface area contributed by atoms with E-state index in [0.29, 0.717) is 12.1 Å². The Kier molecular flexibility index (Phi) is 3.78. The fraction of sp³-hybridized carbons (Fsp3) is 0.500. The largest absolute Gasteiger partial charge is 0.383 e. The average molecular weight is 313 g/mol. The molecule has 0 bridgehead atoms. The van der Waals surface area contributed by atoms with Crippen molar-refractivity contribution in [1.82, 2.24) is 0 Å². The van der Waals surface area contributed by atoms with Gasteiger partial charge in [-0.15, -0.1) is 11.3 Å². The molecular weight excluding hydrogens is 290 g/mol. The minimum absolute atomic E-state index is 0.330. The highest BCUT2D eigenvalue weighted by Gasteiger charge is 2.28. The van der Waals surface area contributed by atoms with Crippen molar-refractivity contribution in [3.63, 3.8) is 0 Å². The number of nitrogens with one attached hydrogen (secondary N) is 1. The number of thiophene rings is 1. The number of anilines is 1. The van der Waals surface area contributed by atoms with Gasteiger partial charge in [-0.3, -0.25) is 4.99 Å². The lowest BCUT2D eigenvalue weighted by atomic mass is 10.00. The molecule has 2 unspecified atom stereocenters. The van der Waals surface area contributed by atoms with E-state index in [1.54, 1.807) is 0 Å². The molecule has 4 heteroatoms. The van der Waals surface area contributed by atoms with Crippen LogP contribution in [0.5, 0.6) is 0 Å². The van der Waals surface area contributed by atoms with Crippen molar-refractivity contribution in [2.75, 3.05) is 5.32 Å². The van der Waals surface area contributed by atoms with Gasteiger partial charge in [-0.2, -0.15) is 0 Å². The molecule has 0 radical (unpaired) electrons. The van der Waals surface area contributed by atoms with E-state index in [-0.39, 0.29) is 0 Å². The van der Waals surface area contributed by atoms with Crippen LogP contribution in [0.2, 0.25) is 0 Å².